The summed E-state index contributed by atoms with van der Waals surface area (Å²) in [5.74, 6) is 0.603. The largest absolute Gasteiger partial charge is 0.489 e. The number of hydrazone groups is 1. The molecule has 1 aromatic heterocycles. The first-order chi connectivity index (χ1) is 14.7. The average Bonchev–Trinajstić information content (AvgIpc) is 3.24. The summed E-state index contributed by atoms with van der Waals surface area (Å²) in [6, 6.07) is 23.3. The molecule has 4 aromatic rings. The van der Waals surface area contributed by atoms with Crippen LogP contribution in [0.4, 0.5) is 5.13 Å². The van der Waals surface area contributed by atoms with E-state index in [1.165, 1.54) is 11.3 Å². The van der Waals surface area contributed by atoms with Crippen molar-refractivity contribution in [1.29, 1.82) is 0 Å². The number of benzene rings is 3. The number of rotatable bonds is 7. The number of anilines is 1. The lowest BCUT2D eigenvalue weighted by molar-refractivity contribution is 0.306. The molecule has 0 bridgehead atoms. The molecule has 1 heterocycles. The number of hydrogen-bond donors (Lipinski definition) is 1. The Hall–Kier alpha value is -2.86. The molecule has 0 unspecified atom stereocenters. The van der Waals surface area contributed by atoms with Gasteiger partial charge in [-0.1, -0.05) is 83.9 Å². The van der Waals surface area contributed by atoms with Crippen LogP contribution in [-0.2, 0) is 6.61 Å². The van der Waals surface area contributed by atoms with Crippen molar-refractivity contribution in [2.24, 2.45) is 5.10 Å². The number of halogens is 2. The summed E-state index contributed by atoms with van der Waals surface area (Å²) in [5.41, 5.74) is 6.56. The van der Waals surface area contributed by atoms with Gasteiger partial charge in [0.1, 0.15) is 12.4 Å². The van der Waals surface area contributed by atoms with Crippen molar-refractivity contribution in [1.82, 2.24) is 4.98 Å². The second kappa shape index (κ2) is 9.76. The number of aromatic nitrogens is 1. The lowest BCUT2D eigenvalue weighted by atomic mass is 10.2. The molecule has 4 rings (SSSR count). The number of hydrogen-bond acceptors (Lipinski definition) is 5. The smallest absolute Gasteiger partial charge is 0.203 e. The van der Waals surface area contributed by atoms with Crippen molar-refractivity contribution >= 4 is 45.9 Å². The van der Waals surface area contributed by atoms with Crippen molar-refractivity contribution in [3.63, 3.8) is 0 Å². The van der Waals surface area contributed by atoms with Gasteiger partial charge in [-0.25, -0.2) is 4.98 Å². The number of ether oxygens (including phenoxy) is 1. The molecule has 30 heavy (non-hydrogen) atoms. The second-order valence-corrected chi connectivity index (χ2v) is 8.02. The molecule has 0 spiro atoms. The maximum atomic E-state index is 6.39. The van der Waals surface area contributed by atoms with Gasteiger partial charge in [-0.15, -0.1) is 11.3 Å². The van der Waals surface area contributed by atoms with Crippen LogP contribution in [0.5, 0.6) is 5.75 Å². The van der Waals surface area contributed by atoms with E-state index in [0.29, 0.717) is 33.1 Å². The number of nitrogens with one attached hydrogen (secondary N) is 1. The van der Waals surface area contributed by atoms with E-state index in [9.17, 15) is 0 Å². The Kier molecular flexibility index (Phi) is 6.64. The van der Waals surface area contributed by atoms with Crippen molar-refractivity contribution in [3.8, 4) is 17.0 Å². The molecule has 0 saturated heterocycles. The molecule has 0 atom stereocenters. The minimum Gasteiger partial charge on any atom is -0.489 e. The van der Waals surface area contributed by atoms with Gasteiger partial charge in [0, 0.05) is 16.5 Å². The van der Waals surface area contributed by atoms with Crippen LogP contribution in [0.1, 0.15) is 11.1 Å². The quantitative estimate of drug-likeness (QED) is 0.238. The van der Waals surface area contributed by atoms with Gasteiger partial charge in [-0.3, -0.25) is 5.43 Å². The van der Waals surface area contributed by atoms with Crippen LogP contribution in [-0.4, -0.2) is 11.2 Å². The van der Waals surface area contributed by atoms with Gasteiger partial charge in [-0.05, 0) is 17.7 Å². The summed E-state index contributed by atoms with van der Waals surface area (Å²) in [5, 5.41) is 7.80. The standard InChI is InChI=1S/C23H17Cl2N3OS/c24-20-11-18(29-14-16-7-3-1-4-8-16)12-21(25)19(20)13-26-28-23-27-22(15-30-23)17-9-5-2-6-10-17/h1-13,15H,14H2,(H,27,28). The van der Waals surface area contributed by atoms with Crippen LogP contribution in [0.2, 0.25) is 10.0 Å². The van der Waals surface area contributed by atoms with Gasteiger partial charge in [0.25, 0.3) is 0 Å². The SMILES string of the molecule is Clc1cc(OCc2ccccc2)cc(Cl)c1C=NNc1nc(-c2ccccc2)cs1. The molecule has 1 N–H and O–H groups in total. The summed E-state index contributed by atoms with van der Waals surface area (Å²) < 4.78 is 5.79. The minimum atomic E-state index is 0.441. The normalized spacial score (nSPS) is 11.0. The van der Waals surface area contributed by atoms with Crippen molar-refractivity contribution in [2.75, 3.05) is 5.43 Å². The van der Waals surface area contributed by atoms with Gasteiger partial charge >= 0.3 is 0 Å². The van der Waals surface area contributed by atoms with Crippen molar-refractivity contribution < 1.29 is 4.74 Å². The third kappa shape index (κ3) is 5.19. The molecule has 150 valence electrons. The highest BCUT2D eigenvalue weighted by molar-refractivity contribution is 7.14. The molecule has 0 radical (unpaired) electrons. The first-order valence-electron chi connectivity index (χ1n) is 9.15. The fraction of sp³-hybridized carbons (Fsp3) is 0.0435. The van der Waals surface area contributed by atoms with Crippen LogP contribution in [0.25, 0.3) is 11.3 Å². The molecule has 7 heteroatoms. The summed E-state index contributed by atoms with van der Waals surface area (Å²) in [7, 11) is 0. The van der Waals surface area contributed by atoms with Crippen LogP contribution >= 0.6 is 34.5 Å². The van der Waals surface area contributed by atoms with Crippen LogP contribution in [0.15, 0.2) is 83.3 Å². The van der Waals surface area contributed by atoms with E-state index in [0.717, 1.165) is 16.8 Å². The van der Waals surface area contributed by atoms with E-state index in [-0.39, 0.29) is 0 Å². The number of thiazole rings is 1. The maximum absolute atomic E-state index is 6.39. The molecule has 0 saturated carbocycles. The molecule has 0 amide bonds. The zero-order valence-electron chi connectivity index (χ0n) is 15.8. The van der Waals surface area contributed by atoms with E-state index in [4.69, 9.17) is 27.9 Å². The first kappa shape index (κ1) is 20.4. The molecular formula is C23H17Cl2N3OS. The van der Waals surface area contributed by atoms with E-state index < -0.39 is 0 Å². The van der Waals surface area contributed by atoms with Gasteiger partial charge < -0.3 is 4.74 Å². The second-order valence-electron chi connectivity index (χ2n) is 6.35. The Morgan fingerprint density at radius 1 is 0.967 bits per heavy atom. The van der Waals surface area contributed by atoms with Gasteiger partial charge in [-0.2, -0.15) is 5.10 Å². The van der Waals surface area contributed by atoms with Crippen molar-refractivity contribution in [2.45, 2.75) is 6.61 Å². The molecular weight excluding hydrogens is 437 g/mol. The summed E-state index contributed by atoms with van der Waals surface area (Å²) >= 11 is 14.2. The predicted octanol–water partition coefficient (Wildman–Crippen LogP) is 7.14. The molecule has 0 aliphatic rings. The fourth-order valence-electron chi connectivity index (χ4n) is 2.73. The molecule has 4 nitrogen and oxygen atoms in total. The average molecular weight is 454 g/mol. The van der Waals surface area contributed by atoms with Crippen LogP contribution in [0, 0.1) is 0 Å². The first-order valence-corrected chi connectivity index (χ1v) is 10.8. The highest BCUT2D eigenvalue weighted by Gasteiger charge is 2.08. The van der Waals surface area contributed by atoms with E-state index in [1.54, 1.807) is 18.3 Å². The summed E-state index contributed by atoms with van der Waals surface area (Å²) in [6.07, 6.45) is 1.58. The zero-order valence-corrected chi connectivity index (χ0v) is 18.1. The van der Waals surface area contributed by atoms with Gasteiger partial charge in [0.15, 0.2) is 0 Å². The highest BCUT2D eigenvalue weighted by Crippen LogP contribution is 2.30. The van der Waals surface area contributed by atoms with E-state index in [2.05, 4.69) is 15.5 Å². The topological polar surface area (TPSA) is 46.5 Å². The fourth-order valence-corrected chi connectivity index (χ4v) is 3.96. The Morgan fingerprint density at radius 2 is 1.63 bits per heavy atom. The zero-order chi connectivity index (χ0) is 20.8. The summed E-state index contributed by atoms with van der Waals surface area (Å²) in [4.78, 5) is 4.53. The van der Waals surface area contributed by atoms with E-state index in [1.807, 2.05) is 66.0 Å². The molecule has 0 aliphatic heterocycles. The minimum absolute atomic E-state index is 0.441. The van der Waals surface area contributed by atoms with Crippen LogP contribution < -0.4 is 10.2 Å². The lowest BCUT2D eigenvalue weighted by Gasteiger charge is -2.09. The molecule has 0 fully saturated rings. The maximum Gasteiger partial charge on any atom is 0.203 e. The molecule has 0 aliphatic carbocycles. The van der Waals surface area contributed by atoms with Crippen molar-refractivity contribution in [3.05, 3.63) is 99.3 Å². The Bertz CT molecular complexity index is 1120. The Morgan fingerprint density at radius 3 is 2.33 bits per heavy atom. The lowest BCUT2D eigenvalue weighted by Crippen LogP contribution is -1.97. The summed E-state index contributed by atoms with van der Waals surface area (Å²) in [6.45, 7) is 0.441. The Balaban J connectivity index is 1.40. The monoisotopic (exact) mass is 453 g/mol. The highest BCUT2D eigenvalue weighted by atomic mass is 35.5. The molecule has 3 aromatic carbocycles. The third-order valence-electron chi connectivity index (χ3n) is 4.23. The Labute approximate surface area is 188 Å². The van der Waals surface area contributed by atoms with Crippen LogP contribution in [0.3, 0.4) is 0 Å². The van der Waals surface area contributed by atoms with E-state index >= 15 is 0 Å². The number of nitrogens with zero attached hydrogens (tertiary/aromatic N) is 2. The predicted molar refractivity (Wildman–Crippen MR) is 126 cm³/mol. The van der Waals surface area contributed by atoms with Gasteiger partial charge in [0.05, 0.1) is 22.0 Å². The van der Waals surface area contributed by atoms with Gasteiger partial charge in [0.2, 0.25) is 5.13 Å². The third-order valence-corrected chi connectivity index (χ3v) is 5.60.